The van der Waals surface area contributed by atoms with Crippen LogP contribution in [-0.2, 0) is 11.4 Å². The standard InChI is InChI=1S/C22H17BrClFN2O3/c23-20-11-16(3-10-21(20)30-13-15-1-6-18(25)7-2-15)12-26-27-22(28)14-29-19-8-4-17(24)5-9-19/h1-12H,13-14H2,(H,27,28)/b26-12-. The smallest absolute Gasteiger partial charge is 0.277 e. The van der Waals surface area contributed by atoms with E-state index in [1.165, 1.54) is 18.3 Å². The van der Waals surface area contributed by atoms with Crippen molar-refractivity contribution in [1.82, 2.24) is 5.43 Å². The fourth-order valence-corrected chi connectivity index (χ4v) is 2.98. The van der Waals surface area contributed by atoms with Gasteiger partial charge >= 0.3 is 0 Å². The van der Waals surface area contributed by atoms with Crippen LogP contribution in [0, 0.1) is 5.82 Å². The molecule has 3 aromatic rings. The molecule has 8 heteroatoms. The van der Waals surface area contributed by atoms with E-state index in [0.29, 0.717) is 23.1 Å². The zero-order chi connectivity index (χ0) is 21.3. The Morgan fingerprint density at radius 3 is 2.50 bits per heavy atom. The van der Waals surface area contributed by atoms with Gasteiger partial charge in [0.1, 0.15) is 23.9 Å². The van der Waals surface area contributed by atoms with Crippen LogP contribution < -0.4 is 14.9 Å². The summed E-state index contributed by atoms with van der Waals surface area (Å²) in [5.74, 6) is 0.502. The molecule has 0 unspecified atom stereocenters. The van der Waals surface area contributed by atoms with Crippen molar-refractivity contribution >= 4 is 39.7 Å². The van der Waals surface area contributed by atoms with Gasteiger partial charge in [-0.1, -0.05) is 23.7 Å². The average molecular weight is 492 g/mol. The van der Waals surface area contributed by atoms with E-state index in [1.807, 2.05) is 0 Å². The highest BCUT2D eigenvalue weighted by Crippen LogP contribution is 2.26. The molecule has 0 aliphatic rings. The maximum atomic E-state index is 12.9. The molecule has 0 saturated carbocycles. The van der Waals surface area contributed by atoms with Gasteiger partial charge in [0.2, 0.25) is 0 Å². The van der Waals surface area contributed by atoms with Crippen molar-refractivity contribution in [3.63, 3.8) is 0 Å². The van der Waals surface area contributed by atoms with E-state index in [9.17, 15) is 9.18 Å². The lowest BCUT2D eigenvalue weighted by Crippen LogP contribution is -2.24. The zero-order valence-electron chi connectivity index (χ0n) is 15.6. The highest BCUT2D eigenvalue weighted by atomic mass is 79.9. The predicted octanol–water partition coefficient (Wildman–Crippen LogP) is 5.35. The molecular weight excluding hydrogens is 475 g/mol. The molecular formula is C22H17BrClFN2O3. The lowest BCUT2D eigenvalue weighted by molar-refractivity contribution is -0.123. The first kappa shape index (κ1) is 21.8. The number of rotatable bonds is 8. The molecule has 1 N–H and O–H groups in total. The number of halogens is 3. The Morgan fingerprint density at radius 1 is 1.07 bits per heavy atom. The third-order valence-electron chi connectivity index (χ3n) is 3.85. The monoisotopic (exact) mass is 490 g/mol. The van der Waals surface area contributed by atoms with Crippen LogP contribution in [0.2, 0.25) is 5.02 Å². The molecule has 30 heavy (non-hydrogen) atoms. The number of nitrogens with one attached hydrogen (secondary N) is 1. The summed E-state index contributed by atoms with van der Waals surface area (Å²) in [6.07, 6.45) is 1.51. The Balaban J connectivity index is 1.47. The number of ether oxygens (including phenoxy) is 2. The number of hydrogen-bond donors (Lipinski definition) is 1. The van der Waals surface area contributed by atoms with E-state index in [0.717, 1.165) is 15.6 Å². The summed E-state index contributed by atoms with van der Waals surface area (Å²) in [4.78, 5) is 11.8. The van der Waals surface area contributed by atoms with Crippen molar-refractivity contribution in [2.24, 2.45) is 5.10 Å². The summed E-state index contributed by atoms with van der Waals surface area (Å²) in [7, 11) is 0. The highest BCUT2D eigenvalue weighted by molar-refractivity contribution is 9.10. The molecule has 3 aromatic carbocycles. The molecule has 0 bridgehead atoms. The number of hydrazone groups is 1. The number of nitrogens with zero attached hydrogens (tertiary/aromatic N) is 1. The summed E-state index contributed by atoms with van der Waals surface area (Å²) in [5.41, 5.74) is 4.02. The van der Waals surface area contributed by atoms with Crippen molar-refractivity contribution < 1.29 is 18.7 Å². The molecule has 0 atom stereocenters. The van der Waals surface area contributed by atoms with E-state index < -0.39 is 0 Å². The zero-order valence-corrected chi connectivity index (χ0v) is 18.0. The van der Waals surface area contributed by atoms with Crippen LogP contribution in [0.5, 0.6) is 11.5 Å². The van der Waals surface area contributed by atoms with E-state index in [2.05, 4.69) is 26.5 Å². The van der Waals surface area contributed by atoms with Crippen LogP contribution in [0.15, 0.2) is 76.3 Å². The first-order chi connectivity index (χ1) is 14.5. The minimum Gasteiger partial charge on any atom is -0.488 e. The number of carbonyl (C=O) groups excluding carboxylic acids is 1. The van der Waals surface area contributed by atoms with Gasteiger partial charge in [-0.15, -0.1) is 0 Å². The highest BCUT2D eigenvalue weighted by Gasteiger charge is 2.04. The second-order valence-electron chi connectivity index (χ2n) is 6.14. The van der Waals surface area contributed by atoms with Gasteiger partial charge in [0.25, 0.3) is 5.91 Å². The third kappa shape index (κ3) is 6.86. The van der Waals surface area contributed by atoms with Gasteiger partial charge in [0, 0.05) is 5.02 Å². The fraction of sp³-hybridized carbons (Fsp3) is 0.0909. The fourth-order valence-electron chi connectivity index (χ4n) is 2.35. The molecule has 0 radical (unpaired) electrons. The molecule has 1 amide bonds. The molecule has 0 saturated heterocycles. The molecule has 0 aliphatic carbocycles. The third-order valence-corrected chi connectivity index (χ3v) is 4.72. The van der Waals surface area contributed by atoms with Crippen LogP contribution in [-0.4, -0.2) is 18.7 Å². The summed E-state index contributed by atoms with van der Waals surface area (Å²) in [6, 6.07) is 18.2. The SMILES string of the molecule is O=C(COc1ccc(Cl)cc1)N/N=C\c1ccc(OCc2ccc(F)cc2)c(Br)c1. The first-order valence-corrected chi connectivity index (χ1v) is 10.0. The lowest BCUT2D eigenvalue weighted by atomic mass is 10.2. The first-order valence-electron chi connectivity index (χ1n) is 8.87. The average Bonchev–Trinajstić information content (AvgIpc) is 2.74. The van der Waals surface area contributed by atoms with Crippen LogP contribution in [0.3, 0.4) is 0 Å². The van der Waals surface area contributed by atoms with Crippen LogP contribution in [0.4, 0.5) is 4.39 Å². The summed E-state index contributed by atoms with van der Waals surface area (Å²) in [5, 5.41) is 4.51. The van der Waals surface area contributed by atoms with Gasteiger partial charge in [-0.25, -0.2) is 9.82 Å². The largest absolute Gasteiger partial charge is 0.488 e. The van der Waals surface area contributed by atoms with Crippen molar-refractivity contribution in [2.45, 2.75) is 6.61 Å². The Hall–Kier alpha value is -2.90. The molecule has 0 aromatic heterocycles. The Labute approximate surface area is 186 Å². The predicted molar refractivity (Wildman–Crippen MR) is 118 cm³/mol. The Kier molecular flexibility index (Phi) is 7.82. The number of hydrogen-bond acceptors (Lipinski definition) is 4. The van der Waals surface area contributed by atoms with Crippen molar-refractivity contribution in [1.29, 1.82) is 0 Å². The topological polar surface area (TPSA) is 59.9 Å². The lowest BCUT2D eigenvalue weighted by Gasteiger charge is -2.09. The minimum absolute atomic E-state index is 0.168. The van der Waals surface area contributed by atoms with Crippen LogP contribution in [0.25, 0.3) is 0 Å². The molecule has 3 rings (SSSR count). The van der Waals surface area contributed by atoms with Gasteiger partial charge < -0.3 is 9.47 Å². The second-order valence-corrected chi connectivity index (χ2v) is 7.43. The van der Waals surface area contributed by atoms with Crippen molar-refractivity contribution in [3.8, 4) is 11.5 Å². The van der Waals surface area contributed by atoms with Gasteiger partial charge in [0.05, 0.1) is 10.7 Å². The number of amides is 1. The number of carbonyl (C=O) groups is 1. The molecule has 0 aliphatic heterocycles. The molecule has 0 spiro atoms. The van der Waals surface area contributed by atoms with Gasteiger partial charge in [-0.2, -0.15) is 5.10 Å². The molecule has 0 fully saturated rings. The maximum Gasteiger partial charge on any atom is 0.277 e. The Bertz CT molecular complexity index is 1030. The molecule has 0 heterocycles. The van der Waals surface area contributed by atoms with Crippen molar-refractivity contribution in [2.75, 3.05) is 6.61 Å². The van der Waals surface area contributed by atoms with E-state index in [1.54, 1.807) is 54.6 Å². The van der Waals surface area contributed by atoms with Gasteiger partial charge in [0.15, 0.2) is 6.61 Å². The Morgan fingerprint density at radius 2 is 1.80 bits per heavy atom. The van der Waals surface area contributed by atoms with E-state index >= 15 is 0 Å². The minimum atomic E-state index is -0.389. The van der Waals surface area contributed by atoms with E-state index in [4.69, 9.17) is 21.1 Å². The van der Waals surface area contributed by atoms with Gasteiger partial charge in [-0.05, 0) is 81.7 Å². The molecule has 154 valence electrons. The summed E-state index contributed by atoms with van der Waals surface area (Å²) >= 11 is 9.24. The van der Waals surface area contributed by atoms with Crippen molar-refractivity contribution in [3.05, 3.63) is 93.2 Å². The van der Waals surface area contributed by atoms with E-state index in [-0.39, 0.29) is 18.3 Å². The van der Waals surface area contributed by atoms with Crippen LogP contribution >= 0.6 is 27.5 Å². The second kappa shape index (κ2) is 10.8. The van der Waals surface area contributed by atoms with Crippen LogP contribution in [0.1, 0.15) is 11.1 Å². The maximum absolute atomic E-state index is 12.9. The number of benzene rings is 3. The quantitative estimate of drug-likeness (QED) is 0.341. The molecule has 5 nitrogen and oxygen atoms in total. The summed E-state index contributed by atoms with van der Waals surface area (Å²) < 4.78 is 24.7. The normalized spacial score (nSPS) is 10.8. The summed E-state index contributed by atoms with van der Waals surface area (Å²) in [6.45, 7) is 0.148. The van der Waals surface area contributed by atoms with Gasteiger partial charge in [-0.3, -0.25) is 4.79 Å².